The molecule has 0 radical (unpaired) electrons. The van der Waals surface area contributed by atoms with Gasteiger partial charge in [-0.25, -0.2) is 0 Å². The Morgan fingerprint density at radius 3 is 2.29 bits per heavy atom. The molecule has 38 heavy (non-hydrogen) atoms. The lowest BCUT2D eigenvalue weighted by Gasteiger charge is -2.25. The van der Waals surface area contributed by atoms with Crippen molar-refractivity contribution in [3.63, 3.8) is 0 Å². The summed E-state index contributed by atoms with van der Waals surface area (Å²) in [6, 6.07) is 13.2. The van der Waals surface area contributed by atoms with Crippen molar-refractivity contribution >= 4 is 21.7 Å². The Balaban J connectivity index is 1.79. The number of amides is 1. The fraction of sp³-hybridized carbons (Fsp3) is 0.269. The third-order valence-electron chi connectivity index (χ3n) is 5.48. The molecule has 0 fully saturated rings. The number of hydrogen-bond donors (Lipinski definition) is 0. The summed E-state index contributed by atoms with van der Waals surface area (Å²) < 4.78 is 68.9. The lowest BCUT2D eigenvalue weighted by atomic mass is 10.1. The molecule has 0 unspecified atom stereocenters. The number of nitrogens with zero attached hydrogens (tertiary/aromatic N) is 2. The van der Waals surface area contributed by atoms with E-state index in [-0.39, 0.29) is 29.5 Å². The summed E-state index contributed by atoms with van der Waals surface area (Å²) >= 11 is 0. The van der Waals surface area contributed by atoms with Crippen LogP contribution in [0.25, 0.3) is 0 Å². The van der Waals surface area contributed by atoms with Crippen molar-refractivity contribution in [2.45, 2.75) is 38.4 Å². The van der Waals surface area contributed by atoms with Gasteiger partial charge in [0.25, 0.3) is 11.6 Å². The maximum Gasteiger partial charge on any atom is 0.416 e. The van der Waals surface area contributed by atoms with Crippen LogP contribution in [0.15, 0.2) is 71.6 Å². The number of carbonyl (C=O) groups is 1. The molecule has 202 valence electrons. The highest BCUT2D eigenvalue weighted by molar-refractivity contribution is 7.87. The van der Waals surface area contributed by atoms with E-state index < -0.39 is 37.6 Å². The highest BCUT2D eigenvalue weighted by Crippen LogP contribution is 2.31. The minimum atomic E-state index is -4.71. The third-order valence-corrected chi connectivity index (χ3v) is 6.72. The van der Waals surface area contributed by atoms with E-state index in [1.165, 1.54) is 47.4 Å². The molecular formula is C26H25F3N2O6S. The molecule has 0 aromatic heterocycles. The largest absolute Gasteiger partial charge is 0.416 e. The molecule has 3 aromatic carbocycles. The molecule has 0 spiro atoms. The monoisotopic (exact) mass is 550 g/mol. The lowest BCUT2D eigenvalue weighted by Crippen LogP contribution is -2.33. The van der Waals surface area contributed by atoms with Gasteiger partial charge < -0.3 is 9.08 Å². The minimum Gasteiger partial charge on any atom is -0.379 e. The number of halogens is 3. The maximum atomic E-state index is 13.2. The Morgan fingerprint density at radius 2 is 1.71 bits per heavy atom. The van der Waals surface area contributed by atoms with Gasteiger partial charge >= 0.3 is 16.3 Å². The summed E-state index contributed by atoms with van der Waals surface area (Å²) in [7, 11) is -4.53. The average Bonchev–Trinajstić information content (AvgIpc) is 2.83. The number of carbonyl (C=O) groups excluding carboxylic acids is 1. The zero-order valence-electron chi connectivity index (χ0n) is 20.7. The Kier molecular flexibility index (Phi) is 8.45. The summed E-state index contributed by atoms with van der Waals surface area (Å²) in [6.07, 6.45) is -4.71. The van der Waals surface area contributed by atoms with Crippen molar-refractivity contribution in [3.8, 4) is 5.75 Å². The number of nitro benzene ring substituents is 1. The van der Waals surface area contributed by atoms with Crippen molar-refractivity contribution in [1.29, 1.82) is 0 Å². The maximum absolute atomic E-state index is 13.2. The van der Waals surface area contributed by atoms with Gasteiger partial charge in [0.15, 0.2) is 0 Å². The fourth-order valence-corrected chi connectivity index (χ4v) is 4.63. The summed E-state index contributed by atoms with van der Waals surface area (Å²) in [5.74, 6) is -0.448. The Morgan fingerprint density at radius 1 is 1.05 bits per heavy atom. The third kappa shape index (κ3) is 7.09. The van der Waals surface area contributed by atoms with Crippen molar-refractivity contribution in [1.82, 2.24) is 4.90 Å². The fourth-order valence-electron chi connectivity index (χ4n) is 3.66. The second-order valence-electron chi connectivity index (χ2n) is 9.04. The number of hydrogen-bond acceptors (Lipinski definition) is 6. The van der Waals surface area contributed by atoms with Crippen LogP contribution in [0.3, 0.4) is 0 Å². The van der Waals surface area contributed by atoms with Gasteiger partial charge in [0, 0.05) is 30.3 Å². The molecule has 8 nitrogen and oxygen atoms in total. The first-order valence-electron chi connectivity index (χ1n) is 11.4. The molecule has 0 aliphatic carbocycles. The molecule has 0 saturated carbocycles. The van der Waals surface area contributed by atoms with E-state index in [2.05, 4.69) is 0 Å². The highest BCUT2D eigenvalue weighted by Gasteiger charge is 2.32. The standard InChI is InChI=1S/C26H25F3N2O6S/c1-17(2)15-30(25(32)20-10-7-18(3)24(13-20)31(33)34)16-19-8-11-22(12-9-19)37-38(35,36)23-6-4-5-21(14-23)26(27,28)29/h4-14,17H,15-16H2,1-3H3. The van der Waals surface area contributed by atoms with Crippen LogP contribution in [0, 0.1) is 23.0 Å². The average molecular weight is 551 g/mol. The normalized spacial score (nSPS) is 11.9. The highest BCUT2D eigenvalue weighted by atomic mass is 32.2. The van der Waals surface area contributed by atoms with E-state index in [1.54, 1.807) is 6.92 Å². The van der Waals surface area contributed by atoms with E-state index in [1.807, 2.05) is 13.8 Å². The van der Waals surface area contributed by atoms with Gasteiger partial charge in [-0.05, 0) is 54.8 Å². The van der Waals surface area contributed by atoms with E-state index in [9.17, 15) is 36.5 Å². The summed E-state index contributed by atoms with van der Waals surface area (Å²) in [4.78, 5) is 24.8. The SMILES string of the molecule is Cc1ccc(C(=O)N(Cc2ccc(OS(=O)(=O)c3cccc(C(F)(F)F)c3)cc2)CC(C)C)cc1[N+](=O)[O-]. The van der Waals surface area contributed by atoms with Crippen LogP contribution in [0.2, 0.25) is 0 Å². The summed E-state index contributed by atoms with van der Waals surface area (Å²) in [6.45, 7) is 5.87. The summed E-state index contributed by atoms with van der Waals surface area (Å²) in [5, 5.41) is 11.3. The Hall–Kier alpha value is -3.93. The van der Waals surface area contributed by atoms with Crippen molar-refractivity contribution in [2.24, 2.45) is 5.92 Å². The zero-order valence-corrected chi connectivity index (χ0v) is 21.5. The molecule has 3 rings (SSSR count). The predicted molar refractivity (Wildman–Crippen MR) is 133 cm³/mol. The van der Waals surface area contributed by atoms with E-state index >= 15 is 0 Å². The van der Waals surface area contributed by atoms with Crippen LogP contribution in [0.4, 0.5) is 18.9 Å². The van der Waals surface area contributed by atoms with Crippen LogP contribution >= 0.6 is 0 Å². The smallest absolute Gasteiger partial charge is 0.379 e. The van der Waals surface area contributed by atoms with Crippen LogP contribution in [0.5, 0.6) is 5.75 Å². The molecule has 12 heteroatoms. The number of alkyl halides is 3. The van der Waals surface area contributed by atoms with Crippen LogP contribution in [-0.2, 0) is 22.8 Å². The first-order chi connectivity index (χ1) is 17.7. The zero-order chi connectivity index (χ0) is 28.3. The predicted octanol–water partition coefficient (Wildman–Crippen LogP) is 5.99. The van der Waals surface area contributed by atoms with Crippen molar-refractivity contribution in [2.75, 3.05) is 6.54 Å². The second-order valence-corrected chi connectivity index (χ2v) is 10.6. The van der Waals surface area contributed by atoms with Crippen molar-refractivity contribution in [3.05, 3.63) is 99.1 Å². The first-order valence-corrected chi connectivity index (χ1v) is 12.8. The molecule has 1 amide bonds. The number of nitro groups is 1. The van der Waals surface area contributed by atoms with Crippen LogP contribution in [0.1, 0.15) is 40.9 Å². The van der Waals surface area contributed by atoms with Gasteiger partial charge in [0.2, 0.25) is 0 Å². The molecule has 0 heterocycles. The van der Waals surface area contributed by atoms with Gasteiger partial charge in [0.05, 0.1) is 10.5 Å². The number of rotatable bonds is 9. The molecule has 3 aromatic rings. The minimum absolute atomic E-state index is 0.0830. The number of aryl methyl sites for hydroxylation is 1. The van der Waals surface area contributed by atoms with Gasteiger partial charge in [-0.3, -0.25) is 14.9 Å². The van der Waals surface area contributed by atoms with E-state index in [4.69, 9.17) is 4.18 Å². The Labute approximate surface area is 217 Å². The summed E-state index contributed by atoms with van der Waals surface area (Å²) in [5.41, 5.74) is -0.0766. The first kappa shape index (κ1) is 28.6. The molecular weight excluding hydrogens is 525 g/mol. The molecule has 0 N–H and O–H groups in total. The van der Waals surface area contributed by atoms with Gasteiger partial charge in [0.1, 0.15) is 10.6 Å². The topological polar surface area (TPSA) is 107 Å². The second kappa shape index (κ2) is 11.2. The lowest BCUT2D eigenvalue weighted by molar-refractivity contribution is -0.385. The van der Waals surface area contributed by atoms with Gasteiger partial charge in [-0.1, -0.05) is 38.1 Å². The van der Waals surface area contributed by atoms with Crippen molar-refractivity contribution < 1.29 is 35.5 Å². The molecule has 0 aliphatic rings. The number of benzene rings is 3. The van der Waals surface area contributed by atoms with Gasteiger partial charge in [-0.15, -0.1) is 0 Å². The van der Waals surface area contributed by atoms with Crippen LogP contribution in [-0.4, -0.2) is 30.7 Å². The molecule has 0 aliphatic heterocycles. The molecule has 0 bridgehead atoms. The van der Waals surface area contributed by atoms with E-state index in [0.717, 1.165) is 18.2 Å². The van der Waals surface area contributed by atoms with Gasteiger partial charge in [-0.2, -0.15) is 21.6 Å². The van der Waals surface area contributed by atoms with Crippen LogP contribution < -0.4 is 4.18 Å². The Bertz CT molecular complexity index is 1440. The quantitative estimate of drug-likeness (QED) is 0.184. The van der Waals surface area contributed by atoms with E-state index in [0.29, 0.717) is 23.7 Å². The molecule has 0 saturated heterocycles. The molecule has 0 atom stereocenters.